The van der Waals surface area contributed by atoms with E-state index in [0.29, 0.717) is 11.9 Å². The Hall–Kier alpha value is -3.65. The first-order chi connectivity index (χ1) is 16.6. The van der Waals surface area contributed by atoms with Gasteiger partial charge in [-0.3, -0.25) is 14.7 Å². The van der Waals surface area contributed by atoms with Gasteiger partial charge in [0.15, 0.2) is 0 Å². The number of anilines is 1. The van der Waals surface area contributed by atoms with E-state index in [9.17, 15) is 9.59 Å². The molecule has 0 bridgehead atoms. The van der Waals surface area contributed by atoms with Gasteiger partial charge in [-0.2, -0.15) is 0 Å². The van der Waals surface area contributed by atoms with Gasteiger partial charge in [0.25, 0.3) is 5.56 Å². The molecule has 0 spiro atoms. The number of likely N-dealkylation sites (tertiary alicyclic amines) is 1. The van der Waals surface area contributed by atoms with Crippen molar-refractivity contribution in [3.05, 3.63) is 82.3 Å². The highest BCUT2D eigenvalue weighted by atomic mass is 16.5. The molecule has 8 nitrogen and oxygen atoms in total. The summed E-state index contributed by atoms with van der Waals surface area (Å²) in [7, 11) is 0. The Kier molecular flexibility index (Phi) is 7.93. The molecule has 1 aliphatic rings. The molecular weight excluding hydrogens is 432 g/mol. The van der Waals surface area contributed by atoms with Gasteiger partial charge in [-0.15, -0.1) is 0 Å². The van der Waals surface area contributed by atoms with Gasteiger partial charge in [0, 0.05) is 13.1 Å². The topological polar surface area (TPSA) is 96.5 Å². The molecule has 8 heteroatoms. The number of nitrogens with zero attached hydrogens (tertiary/aromatic N) is 2. The number of hydrogen-bond donors (Lipinski definition) is 2. The third-order valence-corrected chi connectivity index (χ3v) is 5.87. The summed E-state index contributed by atoms with van der Waals surface area (Å²) >= 11 is 0. The van der Waals surface area contributed by atoms with Gasteiger partial charge in [-0.1, -0.05) is 30.3 Å². The van der Waals surface area contributed by atoms with E-state index in [2.05, 4.69) is 32.3 Å². The van der Waals surface area contributed by atoms with Gasteiger partial charge >= 0.3 is 5.97 Å². The first kappa shape index (κ1) is 23.5. The van der Waals surface area contributed by atoms with Crippen LogP contribution >= 0.6 is 0 Å². The molecule has 2 aromatic carbocycles. The number of piperidine rings is 1. The van der Waals surface area contributed by atoms with Crippen LogP contribution in [0.3, 0.4) is 0 Å². The summed E-state index contributed by atoms with van der Waals surface area (Å²) in [6, 6.07) is 18.0. The van der Waals surface area contributed by atoms with Crippen LogP contribution in [0.15, 0.2) is 65.6 Å². The van der Waals surface area contributed by atoms with Crippen LogP contribution in [-0.4, -0.2) is 47.1 Å². The molecule has 3 aromatic rings. The molecule has 4 rings (SSSR count). The first-order valence-corrected chi connectivity index (χ1v) is 11.6. The second-order valence-corrected chi connectivity index (χ2v) is 8.35. The maximum atomic E-state index is 12.1. The zero-order valence-corrected chi connectivity index (χ0v) is 19.3. The third-order valence-electron chi connectivity index (χ3n) is 5.87. The standard InChI is InChI=1S/C26H30N4O4/c1-2-33-25(32)23-17-28-26(29-24(23)31)27-16-19-12-14-30(15-13-19)18-20-8-10-22(11-9-20)34-21-6-4-3-5-7-21/h3-11,17,19H,2,12-16,18H2,1H3,(H2,27,28,29,31). The minimum Gasteiger partial charge on any atom is -0.462 e. The predicted octanol–water partition coefficient (Wildman–Crippen LogP) is 4.06. The van der Waals surface area contributed by atoms with Crippen LogP contribution in [0.4, 0.5) is 5.95 Å². The summed E-state index contributed by atoms with van der Waals surface area (Å²) in [5, 5.41) is 3.19. The highest BCUT2D eigenvalue weighted by Gasteiger charge is 2.20. The van der Waals surface area contributed by atoms with E-state index in [1.165, 1.54) is 11.8 Å². The maximum absolute atomic E-state index is 12.1. The van der Waals surface area contributed by atoms with Gasteiger partial charge in [0.05, 0.1) is 12.8 Å². The fraction of sp³-hybridized carbons (Fsp3) is 0.346. The molecule has 0 saturated carbocycles. The van der Waals surface area contributed by atoms with E-state index >= 15 is 0 Å². The fourth-order valence-corrected chi connectivity index (χ4v) is 3.97. The monoisotopic (exact) mass is 462 g/mol. The summed E-state index contributed by atoms with van der Waals surface area (Å²) in [4.78, 5) is 33.0. The Morgan fingerprint density at radius 3 is 2.47 bits per heavy atom. The molecule has 2 N–H and O–H groups in total. The van der Waals surface area contributed by atoms with Crippen LogP contribution < -0.4 is 15.6 Å². The van der Waals surface area contributed by atoms with E-state index in [1.54, 1.807) is 6.92 Å². The Bertz CT molecular complexity index is 1120. The molecule has 178 valence electrons. The van der Waals surface area contributed by atoms with Crippen molar-refractivity contribution >= 4 is 11.9 Å². The number of carbonyl (C=O) groups excluding carboxylic acids is 1. The van der Waals surface area contributed by atoms with Gasteiger partial charge in [-0.25, -0.2) is 9.78 Å². The lowest BCUT2D eigenvalue weighted by molar-refractivity contribution is 0.0523. The number of ether oxygens (including phenoxy) is 2. The van der Waals surface area contributed by atoms with E-state index in [4.69, 9.17) is 9.47 Å². The fourth-order valence-electron chi connectivity index (χ4n) is 3.97. The van der Waals surface area contributed by atoms with Crippen LogP contribution in [0.1, 0.15) is 35.7 Å². The average Bonchev–Trinajstić information content (AvgIpc) is 2.86. The second kappa shape index (κ2) is 11.5. The zero-order chi connectivity index (χ0) is 23.8. The minimum absolute atomic E-state index is 0.0830. The minimum atomic E-state index is -0.659. The molecular formula is C26H30N4O4. The molecule has 34 heavy (non-hydrogen) atoms. The van der Waals surface area contributed by atoms with E-state index < -0.39 is 11.5 Å². The molecule has 1 aromatic heterocycles. The number of hydrogen-bond acceptors (Lipinski definition) is 7. The lowest BCUT2D eigenvalue weighted by atomic mass is 9.96. The summed E-state index contributed by atoms with van der Waals surface area (Å²) in [5.41, 5.74) is 0.687. The first-order valence-electron chi connectivity index (χ1n) is 11.6. The number of para-hydroxylation sites is 1. The number of benzene rings is 2. The lowest BCUT2D eigenvalue weighted by Crippen LogP contribution is -2.35. The summed E-state index contributed by atoms with van der Waals surface area (Å²) in [5.74, 6) is 1.88. The van der Waals surface area contributed by atoms with Gasteiger partial charge in [-0.05, 0) is 68.6 Å². The van der Waals surface area contributed by atoms with Crippen LogP contribution in [0.5, 0.6) is 11.5 Å². The summed E-state index contributed by atoms with van der Waals surface area (Å²) in [6.45, 7) is 5.57. The molecule has 1 aliphatic heterocycles. The Morgan fingerprint density at radius 2 is 1.79 bits per heavy atom. The Balaban J connectivity index is 1.20. The van der Waals surface area contributed by atoms with Crippen LogP contribution in [0.25, 0.3) is 0 Å². The van der Waals surface area contributed by atoms with Crippen LogP contribution in [-0.2, 0) is 11.3 Å². The largest absolute Gasteiger partial charge is 0.462 e. The molecule has 2 heterocycles. The molecule has 0 radical (unpaired) electrons. The predicted molar refractivity (Wildman–Crippen MR) is 130 cm³/mol. The van der Waals surface area contributed by atoms with E-state index in [0.717, 1.165) is 50.5 Å². The number of nitrogens with one attached hydrogen (secondary N) is 2. The molecule has 0 aliphatic carbocycles. The number of esters is 1. The lowest BCUT2D eigenvalue weighted by Gasteiger charge is -2.32. The smallest absolute Gasteiger partial charge is 0.345 e. The molecule has 0 amide bonds. The van der Waals surface area contributed by atoms with Crippen molar-refractivity contribution in [2.24, 2.45) is 5.92 Å². The zero-order valence-electron chi connectivity index (χ0n) is 19.3. The SMILES string of the molecule is CCOC(=O)c1cnc(NCC2CCN(Cc3ccc(Oc4ccccc4)cc3)CC2)[nH]c1=O. The van der Waals surface area contributed by atoms with Crippen molar-refractivity contribution in [1.82, 2.24) is 14.9 Å². The van der Waals surface area contributed by atoms with Gasteiger partial charge < -0.3 is 14.8 Å². The normalized spacial score (nSPS) is 14.5. The van der Waals surface area contributed by atoms with E-state index in [1.807, 2.05) is 42.5 Å². The third kappa shape index (κ3) is 6.45. The van der Waals surface area contributed by atoms with Gasteiger partial charge in [0.1, 0.15) is 17.1 Å². The molecule has 0 unspecified atom stereocenters. The summed E-state index contributed by atoms with van der Waals surface area (Å²) < 4.78 is 10.7. The highest BCUT2D eigenvalue weighted by Crippen LogP contribution is 2.23. The number of aromatic amines is 1. The van der Waals surface area contributed by atoms with Crippen molar-refractivity contribution in [2.45, 2.75) is 26.3 Å². The molecule has 0 atom stereocenters. The number of H-pyrrole nitrogens is 1. The summed E-state index contributed by atoms with van der Waals surface area (Å²) in [6.07, 6.45) is 3.39. The van der Waals surface area contributed by atoms with E-state index in [-0.39, 0.29) is 12.2 Å². The number of rotatable bonds is 9. The number of carbonyl (C=O) groups is 1. The van der Waals surface area contributed by atoms with Crippen molar-refractivity contribution in [3.8, 4) is 11.5 Å². The highest BCUT2D eigenvalue weighted by molar-refractivity contribution is 5.88. The quantitative estimate of drug-likeness (QED) is 0.463. The maximum Gasteiger partial charge on any atom is 0.345 e. The Labute approximate surface area is 198 Å². The van der Waals surface area contributed by atoms with Crippen molar-refractivity contribution in [2.75, 3.05) is 31.6 Å². The molecule has 1 fully saturated rings. The number of aromatic nitrogens is 2. The van der Waals surface area contributed by atoms with Crippen molar-refractivity contribution in [3.63, 3.8) is 0 Å². The Morgan fingerprint density at radius 1 is 1.09 bits per heavy atom. The van der Waals surface area contributed by atoms with Gasteiger partial charge in [0.2, 0.25) is 5.95 Å². The molecule has 1 saturated heterocycles. The van der Waals surface area contributed by atoms with Crippen LogP contribution in [0.2, 0.25) is 0 Å². The van der Waals surface area contributed by atoms with Crippen molar-refractivity contribution in [1.29, 1.82) is 0 Å². The average molecular weight is 463 g/mol. The van der Waals surface area contributed by atoms with Crippen LogP contribution in [0, 0.1) is 5.92 Å². The second-order valence-electron chi connectivity index (χ2n) is 8.35. The van der Waals surface area contributed by atoms with Crippen molar-refractivity contribution < 1.29 is 14.3 Å².